The van der Waals surface area contributed by atoms with E-state index in [1.807, 2.05) is 0 Å². The Morgan fingerprint density at radius 1 is 0.688 bits per heavy atom. The van der Waals surface area contributed by atoms with Crippen LogP contribution in [0.3, 0.4) is 0 Å². The highest BCUT2D eigenvalue weighted by molar-refractivity contribution is 14.1. The monoisotopic (exact) mass is 430 g/mol. The maximum absolute atomic E-state index is 2.43. The van der Waals surface area contributed by atoms with Crippen molar-refractivity contribution < 1.29 is 0 Å². The number of benzene rings is 3. The van der Waals surface area contributed by atoms with E-state index in [1.165, 1.54) is 28.7 Å². The Kier molecular flexibility index (Phi) is 2.79. The van der Waals surface area contributed by atoms with Crippen molar-refractivity contribution in [3.63, 3.8) is 0 Å². The van der Waals surface area contributed by atoms with E-state index in [0.29, 0.717) is 0 Å². The Bertz CT molecular complexity index is 687. The molecule has 0 unspecified atom stereocenters. The molecule has 0 saturated carbocycles. The quantitative estimate of drug-likeness (QED) is 0.340. The van der Waals surface area contributed by atoms with Gasteiger partial charge in [-0.25, -0.2) is 0 Å². The lowest BCUT2D eigenvalue weighted by Gasteiger charge is -2.05. The molecule has 3 rings (SSSR count). The minimum absolute atomic E-state index is 1.31. The van der Waals surface area contributed by atoms with Crippen LogP contribution in [0, 0.1) is 7.14 Å². The van der Waals surface area contributed by atoms with Crippen molar-refractivity contribution in [2.75, 3.05) is 0 Å². The summed E-state index contributed by atoms with van der Waals surface area (Å²) in [6, 6.07) is 17.5. The van der Waals surface area contributed by atoms with Gasteiger partial charge in [0.05, 0.1) is 0 Å². The van der Waals surface area contributed by atoms with Crippen molar-refractivity contribution in [1.29, 1.82) is 0 Å². The van der Waals surface area contributed by atoms with E-state index in [1.54, 1.807) is 0 Å². The van der Waals surface area contributed by atoms with E-state index in [4.69, 9.17) is 0 Å². The lowest BCUT2D eigenvalue weighted by Crippen LogP contribution is -1.83. The molecule has 0 amide bonds. The average molecular weight is 430 g/mol. The Balaban J connectivity index is 2.51. The van der Waals surface area contributed by atoms with E-state index < -0.39 is 0 Å². The molecular formula is C14H8I2. The molecule has 0 heterocycles. The summed E-state index contributed by atoms with van der Waals surface area (Å²) in [7, 11) is 0. The first kappa shape index (κ1) is 10.8. The lowest BCUT2D eigenvalue weighted by molar-refractivity contribution is 1.66. The summed E-state index contributed by atoms with van der Waals surface area (Å²) in [5.41, 5.74) is 0. The van der Waals surface area contributed by atoms with Crippen LogP contribution in [0.5, 0.6) is 0 Å². The highest BCUT2D eigenvalue weighted by atomic mass is 127. The van der Waals surface area contributed by atoms with E-state index in [9.17, 15) is 0 Å². The first-order valence-corrected chi connectivity index (χ1v) is 7.18. The minimum atomic E-state index is 1.31. The zero-order valence-corrected chi connectivity index (χ0v) is 12.7. The first-order chi connectivity index (χ1) is 7.75. The Morgan fingerprint density at radius 2 is 1.38 bits per heavy atom. The summed E-state index contributed by atoms with van der Waals surface area (Å²) in [4.78, 5) is 0. The molecule has 3 aromatic carbocycles. The summed E-state index contributed by atoms with van der Waals surface area (Å²) in [6.07, 6.45) is 0. The molecule has 0 spiro atoms. The van der Waals surface area contributed by atoms with Crippen LogP contribution in [-0.4, -0.2) is 0 Å². The SMILES string of the molecule is Ic1ccc2cc3ccccc3cc2c1I. The molecule has 0 radical (unpaired) electrons. The highest BCUT2D eigenvalue weighted by Crippen LogP contribution is 2.29. The first-order valence-electron chi connectivity index (χ1n) is 5.02. The molecule has 0 aliphatic carbocycles. The van der Waals surface area contributed by atoms with Crippen LogP contribution in [0.4, 0.5) is 0 Å². The van der Waals surface area contributed by atoms with Gasteiger partial charge in [0, 0.05) is 7.14 Å². The van der Waals surface area contributed by atoms with Gasteiger partial charge in [-0.1, -0.05) is 30.3 Å². The largest absolute Gasteiger partial charge is 0.0616 e. The molecule has 0 N–H and O–H groups in total. The van der Waals surface area contributed by atoms with Crippen LogP contribution in [0.2, 0.25) is 0 Å². The van der Waals surface area contributed by atoms with Gasteiger partial charge < -0.3 is 0 Å². The summed E-state index contributed by atoms with van der Waals surface area (Å²) >= 11 is 4.82. The van der Waals surface area contributed by atoms with Gasteiger partial charge in [0.25, 0.3) is 0 Å². The third-order valence-electron chi connectivity index (χ3n) is 2.77. The smallest absolute Gasteiger partial charge is 0.0342 e. The number of hydrogen-bond acceptors (Lipinski definition) is 0. The van der Waals surface area contributed by atoms with Crippen molar-refractivity contribution in [1.82, 2.24) is 0 Å². The molecule has 2 heteroatoms. The van der Waals surface area contributed by atoms with Crippen LogP contribution in [-0.2, 0) is 0 Å². The number of rotatable bonds is 0. The summed E-state index contributed by atoms with van der Waals surface area (Å²) < 4.78 is 2.67. The van der Waals surface area contributed by atoms with Crippen molar-refractivity contribution in [3.05, 3.63) is 55.7 Å². The predicted molar refractivity (Wildman–Crippen MR) is 86.9 cm³/mol. The second-order valence-corrected chi connectivity index (χ2v) is 6.02. The summed E-state index contributed by atoms with van der Waals surface area (Å²) in [5, 5.41) is 5.30. The maximum atomic E-state index is 2.43. The van der Waals surface area contributed by atoms with Gasteiger partial charge in [0.2, 0.25) is 0 Å². The van der Waals surface area contributed by atoms with Gasteiger partial charge in [-0.2, -0.15) is 0 Å². The average Bonchev–Trinajstić information content (AvgIpc) is 2.32. The fourth-order valence-electron chi connectivity index (χ4n) is 1.95. The fraction of sp³-hybridized carbons (Fsp3) is 0. The van der Waals surface area contributed by atoms with Crippen LogP contribution < -0.4 is 0 Å². The molecule has 3 aromatic rings. The van der Waals surface area contributed by atoms with Gasteiger partial charge in [0.15, 0.2) is 0 Å². The minimum Gasteiger partial charge on any atom is -0.0616 e. The van der Waals surface area contributed by atoms with Gasteiger partial charge >= 0.3 is 0 Å². The predicted octanol–water partition coefficient (Wildman–Crippen LogP) is 5.20. The Labute approximate surface area is 121 Å². The van der Waals surface area contributed by atoms with Crippen molar-refractivity contribution in [3.8, 4) is 0 Å². The molecule has 0 nitrogen and oxygen atoms in total. The molecule has 0 saturated heterocycles. The van der Waals surface area contributed by atoms with Gasteiger partial charge in [-0.3, -0.25) is 0 Å². The van der Waals surface area contributed by atoms with Crippen molar-refractivity contribution in [2.45, 2.75) is 0 Å². The van der Waals surface area contributed by atoms with Crippen molar-refractivity contribution >= 4 is 66.7 Å². The van der Waals surface area contributed by atoms with E-state index >= 15 is 0 Å². The van der Waals surface area contributed by atoms with E-state index in [2.05, 4.69) is 93.7 Å². The van der Waals surface area contributed by atoms with E-state index in [-0.39, 0.29) is 0 Å². The molecule has 0 aliphatic rings. The van der Waals surface area contributed by atoms with Gasteiger partial charge in [0.1, 0.15) is 0 Å². The van der Waals surface area contributed by atoms with Crippen LogP contribution in [0.25, 0.3) is 21.5 Å². The zero-order valence-electron chi connectivity index (χ0n) is 8.37. The molecule has 0 atom stereocenters. The Hall–Kier alpha value is -0.360. The number of halogens is 2. The molecule has 16 heavy (non-hydrogen) atoms. The molecule has 0 bridgehead atoms. The normalized spacial score (nSPS) is 11.1. The van der Waals surface area contributed by atoms with Crippen molar-refractivity contribution in [2.24, 2.45) is 0 Å². The zero-order chi connectivity index (χ0) is 11.1. The molecule has 0 aromatic heterocycles. The third kappa shape index (κ3) is 1.72. The second kappa shape index (κ2) is 4.14. The van der Waals surface area contributed by atoms with Crippen LogP contribution >= 0.6 is 45.2 Å². The number of fused-ring (bicyclic) bond motifs is 2. The molecular weight excluding hydrogens is 422 g/mol. The summed E-state index contributed by atoms with van der Waals surface area (Å²) in [5.74, 6) is 0. The highest BCUT2D eigenvalue weighted by Gasteiger charge is 2.03. The lowest BCUT2D eigenvalue weighted by atomic mass is 10.0. The van der Waals surface area contributed by atoms with Gasteiger partial charge in [-0.15, -0.1) is 0 Å². The molecule has 78 valence electrons. The van der Waals surface area contributed by atoms with Crippen LogP contribution in [0.1, 0.15) is 0 Å². The van der Waals surface area contributed by atoms with Gasteiger partial charge in [-0.05, 0) is 84.9 Å². The molecule has 0 fully saturated rings. The molecule has 0 aliphatic heterocycles. The summed E-state index contributed by atoms with van der Waals surface area (Å²) in [6.45, 7) is 0. The third-order valence-corrected chi connectivity index (χ3v) is 5.87. The topological polar surface area (TPSA) is 0 Å². The Morgan fingerprint density at radius 3 is 2.12 bits per heavy atom. The standard InChI is InChI=1S/C14H8I2/c15-13-6-5-11-7-9-3-1-2-4-10(9)8-12(11)14(13)16/h1-8H. The maximum Gasteiger partial charge on any atom is 0.0342 e. The van der Waals surface area contributed by atoms with E-state index in [0.717, 1.165) is 0 Å². The number of hydrogen-bond donors (Lipinski definition) is 0. The van der Waals surface area contributed by atoms with Crippen LogP contribution in [0.15, 0.2) is 48.5 Å². The fourth-order valence-corrected chi connectivity index (χ4v) is 3.07. The second-order valence-electron chi connectivity index (χ2n) is 3.78.